The number of nitrogens with two attached hydrogens (primary N) is 1. The van der Waals surface area contributed by atoms with Crippen LogP contribution in [0.4, 0.5) is 28.8 Å². The van der Waals surface area contributed by atoms with Crippen LogP contribution in [0.15, 0.2) is 59.6 Å². The van der Waals surface area contributed by atoms with Gasteiger partial charge in [-0.2, -0.15) is 4.98 Å². The van der Waals surface area contributed by atoms with Gasteiger partial charge < -0.3 is 26.2 Å². The topological polar surface area (TPSA) is 163 Å². The third kappa shape index (κ3) is 9.13. The number of hydrogen-bond donors (Lipinski definition) is 4. The van der Waals surface area contributed by atoms with E-state index >= 15 is 0 Å². The molecule has 1 aliphatic heterocycles. The van der Waals surface area contributed by atoms with E-state index < -0.39 is 15.6 Å². The number of primary amides is 1. The number of carbonyl (C=O) groups is 2. The maximum atomic E-state index is 12.8. The second-order valence-corrected chi connectivity index (χ2v) is 13.3. The molecule has 5 N–H and O–H groups in total. The summed E-state index contributed by atoms with van der Waals surface area (Å²) in [6, 6.07) is 14.5. The van der Waals surface area contributed by atoms with Crippen LogP contribution in [0.2, 0.25) is 0 Å². The SMILES string of the molecule is Cc1cnc(Nc2ccc(N3CCN(C(=O)CCCC(N)=O)CC3)cc2)nc1Nc1cccc(S(=O)(=O)NC(C)(C)C)c1. The molecule has 0 spiro atoms. The van der Waals surface area contributed by atoms with Gasteiger partial charge in [-0.25, -0.2) is 18.1 Å². The minimum Gasteiger partial charge on any atom is -0.370 e. The molecule has 230 valence electrons. The van der Waals surface area contributed by atoms with Crippen molar-refractivity contribution in [3.8, 4) is 0 Å². The second-order valence-electron chi connectivity index (χ2n) is 11.6. The number of anilines is 5. The van der Waals surface area contributed by atoms with E-state index in [0.717, 1.165) is 30.0 Å². The van der Waals surface area contributed by atoms with E-state index in [-0.39, 0.29) is 23.1 Å². The van der Waals surface area contributed by atoms with Gasteiger partial charge >= 0.3 is 0 Å². The van der Waals surface area contributed by atoms with Crippen molar-refractivity contribution in [3.05, 3.63) is 60.3 Å². The van der Waals surface area contributed by atoms with Crippen LogP contribution in [0.3, 0.4) is 0 Å². The molecule has 3 aromatic rings. The van der Waals surface area contributed by atoms with Crippen LogP contribution in [0, 0.1) is 6.92 Å². The zero-order chi connectivity index (χ0) is 31.2. The Morgan fingerprint density at radius 3 is 2.30 bits per heavy atom. The highest BCUT2D eigenvalue weighted by Gasteiger charge is 2.23. The van der Waals surface area contributed by atoms with Gasteiger partial charge in [0, 0.05) is 73.4 Å². The lowest BCUT2D eigenvalue weighted by atomic mass is 10.1. The zero-order valence-corrected chi connectivity index (χ0v) is 25.9. The number of hydrogen-bond acceptors (Lipinski definition) is 9. The van der Waals surface area contributed by atoms with Crippen LogP contribution in [0.25, 0.3) is 0 Å². The van der Waals surface area contributed by atoms with Crippen molar-refractivity contribution in [2.75, 3.05) is 41.7 Å². The maximum Gasteiger partial charge on any atom is 0.241 e. The number of benzene rings is 2. The van der Waals surface area contributed by atoms with Crippen molar-refractivity contribution < 1.29 is 18.0 Å². The van der Waals surface area contributed by atoms with Crippen molar-refractivity contribution in [2.24, 2.45) is 5.73 Å². The number of aryl methyl sites for hydroxylation is 1. The molecule has 0 atom stereocenters. The van der Waals surface area contributed by atoms with Gasteiger partial charge in [-0.1, -0.05) is 6.07 Å². The summed E-state index contributed by atoms with van der Waals surface area (Å²) in [5.41, 5.74) is 7.80. The zero-order valence-electron chi connectivity index (χ0n) is 25.1. The molecular formula is C30H40N8O4S. The fourth-order valence-electron chi connectivity index (χ4n) is 4.64. The van der Waals surface area contributed by atoms with Gasteiger partial charge in [-0.15, -0.1) is 0 Å². The van der Waals surface area contributed by atoms with Gasteiger partial charge in [0.2, 0.25) is 27.8 Å². The van der Waals surface area contributed by atoms with Gasteiger partial charge in [0.15, 0.2) is 0 Å². The fraction of sp³-hybridized carbons (Fsp3) is 0.400. The van der Waals surface area contributed by atoms with Crippen molar-refractivity contribution in [1.29, 1.82) is 0 Å². The van der Waals surface area contributed by atoms with Crippen LogP contribution in [0.5, 0.6) is 0 Å². The first-order valence-electron chi connectivity index (χ1n) is 14.2. The molecule has 0 unspecified atom stereocenters. The Bertz CT molecular complexity index is 1550. The Labute approximate surface area is 253 Å². The molecule has 2 aromatic carbocycles. The molecule has 0 radical (unpaired) electrons. The summed E-state index contributed by atoms with van der Waals surface area (Å²) in [7, 11) is -3.69. The number of sulfonamides is 1. The molecule has 13 heteroatoms. The predicted molar refractivity (Wildman–Crippen MR) is 168 cm³/mol. The quantitative estimate of drug-likeness (QED) is 0.254. The summed E-state index contributed by atoms with van der Waals surface area (Å²) in [6.07, 6.45) is 2.75. The van der Waals surface area contributed by atoms with Gasteiger partial charge in [-0.05, 0) is 76.6 Å². The molecule has 0 saturated carbocycles. The number of nitrogens with zero attached hydrogens (tertiary/aromatic N) is 4. The number of rotatable bonds is 11. The Morgan fingerprint density at radius 1 is 0.953 bits per heavy atom. The predicted octanol–water partition coefficient (Wildman–Crippen LogP) is 3.65. The largest absolute Gasteiger partial charge is 0.370 e. The number of amides is 2. The summed E-state index contributed by atoms with van der Waals surface area (Å²) in [5.74, 6) is 0.617. The minimum absolute atomic E-state index is 0.0580. The van der Waals surface area contributed by atoms with E-state index in [1.54, 1.807) is 51.2 Å². The van der Waals surface area contributed by atoms with E-state index in [4.69, 9.17) is 5.73 Å². The Balaban J connectivity index is 1.36. The molecule has 2 heterocycles. The first-order valence-corrected chi connectivity index (χ1v) is 15.7. The molecular weight excluding hydrogens is 568 g/mol. The van der Waals surface area contributed by atoms with Crippen molar-refractivity contribution in [2.45, 2.75) is 57.4 Å². The molecule has 12 nitrogen and oxygen atoms in total. The number of carbonyl (C=O) groups excluding carboxylic acids is 2. The molecule has 0 aliphatic carbocycles. The van der Waals surface area contributed by atoms with Crippen molar-refractivity contribution in [1.82, 2.24) is 19.6 Å². The number of piperazine rings is 1. The third-order valence-corrected chi connectivity index (χ3v) is 8.51. The standard InChI is InChI=1S/C30H40N8O4S/c1-21-20-32-29(35-28(21)33-23-7-5-8-25(19-23)43(41,42)36-30(2,3)4)34-22-11-13-24(14-12-22)37-15-17-38(18-16-37)27(40)10-6-9-26(31)39/h5,7-8,11-14,19-20,36H,6,9-10,15-18H2,1-4H3,(H2,31,39)(H2,32,33,34,35). The fourth-order valence-corrected chi connectivity index (χ4v) is 6.10. The Hall–Kier alpha value is -4.23. The normalized spacial score (nSPS) is 14.0. The minimum atomic E-state index is -3.69. The van der Waals surface area contributed by atoms with Gasteiger partial charge in [0.05, 0.1) is 4.90 Å². The summed E-state index contributed by atoms with van der Waals surface area (Å²) < 4.78 is 28.2. The van der Waals surface area contributed by atoms with E-state index in [9.17, 15) is 18.0 Å². The highest BCUT2D eigenvalue weighted by atomic mass is 32.2. The number of aromatic nitrogens is 2. The summed E-state index contributed by atoms with van der Waals surface area (Å²) in [4.78, 5) is 36.5. The molecule has 2 amide bonds. The van der Waals surface area contributed by atoms with Crippen LogP contribution in [0.1, 0.15) is 45.6 Å². The first-order chi connectivity index (χ1) is 20.3. The van der Waals surface area contributed by atoms with E-state index in [1.807, 2.05) is 36.1 Å². The average Bonchev–Trinajstić information content (AvgIpc) is 2.94. The second kappa shape index (κ2) is 13.4. The molecule has 43 heavy (non-hydrogen) atoms. The van der Waals surface area contributed by atoms with E-state index in [0.29, 0.717) is 43.4 Å². The maximum absolute atomic E-state index is 12.8. The molecule has 1 aromatic heterocycles. The average molecular weight is 609 g/mol. The lowest BCUT2D eigenvalue weighted by Crippen LogP contribution is -2.48. The highest BCUT2D eigenvalue weighted by molar-refractivity contribution is 7.89. The highest BCUT2D eigenvalue weighted by Crippen LogP contribution is 2.25. The third-order valence-electron chi connectivity index (χ3n) is 6.75. The summed E-state index contributed by atoms with van der Waals surface area (Å²) >= 11 is 0. The van der Waals surface area contributed by atoms with Gasteiger partial charge in [0.1, 0.15) is 5.82 Å². The Kier molecular flexibility index (Phi) is 9.87. The van der Waals surface area contributed by atoms with E-state index in [1.165, 1.54) is 0 Å². The summed E-state index contributed by atoms with van der Waals surface area (Å²) in [5, 5.41) is 6.44. The van der Waals surface area contributed by atoms with Crippen molar-refractivity contribution in [3.63, 3.8) is 0 Å². The summed E-state index contributed by atoms with van der Waals surface area (Å²) in [6.45, 7) is 9.96. The van der Waals surface area contributed by atoms with Gasteiger partial charge in [-0.3, -0.25) is 9.59 Å². The molecule has 0 bridgehead atoms. The van der Waals surface area contributed by atoms with E-state index in [2.05, 4.69) is 30.2 Å². The first kappa shape index (κ1) is 31.7. The van der Waals surface area contributed by atoms with Crippen LogP contribution < -0.4 is 26.0 Å². The molecule has 1 fully saturated rings. The molecule has 4 rings (SSSR count). The van der Waals surface area contributed by atoms with Crippen molar-refractivity contribution >= 4 is 50.7 Å². The van der Waals surface area contributed by atoms with Gasteiger partial charge in [0.25, 0.3) is 0 Å². The Morgan fingerprint density at radius 2 is 1.65 bits per heavy atom. The molecule has 1 saturated heterocycles. The monoisotopic (exact) mass is 608 g/mol. The van der Waals surface area contributed by atoms with Crippen LogP contribution in [-0.2, 0) is 19.6 Å². The smallest absolute Gasteiger partial charge is 0.241 e. The lowest BCUT2D eigenvalue weighted by molar-refractivity contribution is -0.131. The van der Waals surface area contributed by atoms with Crippen LogP contribution in [-0.4, -0.2) is 66.8 Å². The molecule has 1 aliphatic rings. The lowest BCUT2D eigenvalue weighted by Gasteiger charge is -2.36. The van der Waals surface area contributed by atoms with Crippen LogP contribution >= 0.6 is 0 Å². The number of nitrogens with one attached hydrogen (secondary N) is 3.